The Hall–Kier alpha value is -3.93. The van der Waals surface area contributed by atoms with Crippen LogP contribution in [-0.4, -0.2) is 28.6 Å². The Labute approximate surface area is 198 Å². The summed E-state index contributed by atoms with van der Waals surface area (Å²) in [7, 11) is 0. The summed E-state index contributed by atoms with van der Waals surface area (Å²) in [6, 6.07) is 22.1. The van der Waals surface area contributed by atoms with Gasteiger partial charge in [0.2, 0.25) is 5.91 Å². The Morgan fingerprint density at radius 1 is 1.09 bits per heavy atom. The Balaban J connectivity index is 1.40. The van der Waals surface area contributed by atoms with Crippen LogP contribution < -0.4 is 9.64 Å². The van der Waals surface area contributed by atoms with Gasteiger partial charge in [0.1, 0.15) is 24.0 Å². The molecule has 0 aliphatic carbocycles. The number of nitrogens with zero attached hydrogens (tertiary/aromatic N) is 3. The summed E-state index contributed by atoms with van der Waals surface area (Å²) in [6.07, 6.45) is 2.95. The van der Waals surface area contributed by atoms with Crippen LogP contribution in [0.5, 0.6) is 5.75 Å². The van der Waals surface area contributed by atoms with Gasteiger partial charge in [-0.15, -0.1) is 6.58 Å². The number of rotatable bonds is 8. The third kappa shape index (κ3) is 4.31. The number of carbonyl (C=O) groups excluding carboxylic acids is 1. The molecule has 3 aromatic carbocycles. The average Bonchev–Trinajstić information content (AvgIpc) is 3.41. The number of halogens is 1. The van der Waals surface area contributed by atoms with E-state index in [9.17, 15) is 9.18 Å². The highest BCUT2D eigenvalue weighted by Gasteiger charge is 2.35. The van der Waals surface area contributed by atoms with Crippen LogP contribution in [0.2, 0.25) is 0 Å². The number of allylic oxidation sites excluding steroid dienone is 1. The Morgan fingerprint density at radius 3 is 2.76 bits per heavy atom. The van der Waals surface area contributed by atoms with Crippen LogP contribution >= 0.6 is 0 Å². The van der Waals surface area contributed by atoms with E-state index in [0.29, 0.717) is 31.8 Å². The van der Waals surface area contributed by atoms with Gasteiger partial charge in [0, 0.05) is 24.6 Å². The second-order valence-corrected chi connectivity index (χ2v) is 8.44. The van der Waals surface area contributed by atoms with Crippen LogP contribution in [0.1, 0.15) is 23.7 Å². The number of imidazole rings is 1. The smallest absolute Gasteiger partial charge is 0.227 e. The Morgan fingerprint density at radius 2 is 1.91 bits per heavy atom. The van der Waals surface area contributed by atoms with Crippen LogP contribution in [0.3, 0.4) is 0 Å². The topological polar surface area (TPSA) is 47.4 Å². The summed E-state index contributed by atoms with van der Waals surface area (Å²) in [4.78, 5) is 19.4. The molecule has 1 atom stereocenters. The molecule has 0 radical (unpaired) electrons. The van der Waals surface area contributed by atoms with Gasteiger partial charge in [-0.3, -0.25) is 4.79 Å². The zero-order chi connectivity index (χ0) is 23.5. The predicted octanol–water partition coefficient (Wildman–Crippen LogP) is 5.50. The van der Waals surface area contributed by atoms with Crippen molar-refractivity contribution in [3.63, 3.8) is 0 Å². The lowest BCUT2D eigenvalue weighted by molar-refractivity contribution is -0.117. The number of ether oxygens (including phenoxy) is 1. The highest BCUT2D eigenvalue weighted by atomic mass is 19.1. The van der Waals surface area contributed by atoms with Crippen molar-refractivity contribution >= 4 is 22.6 Å². The van der Waals surface area contributed by atoms with Gasteiger partial charge in [0.25, 0.3) is 0 Å². The molecule has 0 bridgehead atoms. The SMILES string of the molecule is C=CCc1ccccc1OCCn1c(C2CC(=O)N(c3cccc(F)c3)C2)nc2ccccc21. The predicted molar refractivity (Wildman–Crippen MR) is 132 cm³/mol. The third-order valence-corrected chi connectivity index (χ3v) is 6.20. The molecule has 2 heterocycles. The number of para-hydroxylation sites is 3. The van der Waals surface area contributed by atoms with Crippen LogP contribution in [-0.2, 0) is 17.8 Å². The van der Waals surface area contributed by atoms with Gasteiger partial charge in [0.05, 0.1) is 17.6 Å². The van der Waals surface area contributed by atoms with E-state index in [1.807, 2.05) is 54.6 Å². The second-order valence-electron chi connectivity index (χ2n) is 8.44. The zero-order valence-electron chi connectivity index (χ0n) is 18.9. The summed E-state index contributed by atoms with van der Waals surface area (Å²) in [5, 5.41) is 0. The maximum Gasteiger partial charge on any atom is 0.227 e. The molecule has 34 heavy (non-hydrogen) atoms. The molecule has 5 rings (SSSR count). The molecule has 1 fully saturated rings. The van der Waals surface area contributed by atoms with E-state index in [2.05, 4.69) is 11.1 Å². The molecular formula is C28H26FN3O2. The monoisotopic (exact) mass is 455 g/mol. The van der Waals surface area contributed by atoms with Crippen molar-refractivity contribution < 1.29 is 13.9 Å². The molecule has 4 aromatic rings. The number of hydrogen-bond acceptors (Lipinski definition) is 3. The van der Waals surface area contributed by atoms with Gasteiger partial charge < -0.3 is 14.2 Å². The van der Waals surface area contributed by atoms with Gasteiger partial charge in [-0.25, -0.2) is 9.37 Å². The minimum Gasteiger partial charge on any atom is -0.491 e. The molecule has 1 saturated heterocycles. The first-order valence-electron chi connectivity index (χ1n) is 11.5. The van der Waals surface area contributed by atoms with E-state index >= 15 is 0 Å². The number of aromatic nitrogens is 2. The molecule has 6 heteroatoms. The molecule has 1 amide bonds. The maximum absolute atomic E-state index is 13.8. The standard InChI is InChI=1S/C28H26FN3O2/c1-2-8-20-9-3-6-14-26(20)34-16-15-31-25-13-5-4-12-24(25)30-28(31)21-17-27(33)32(19-21)23-11-7-10-22(29)18-23/h2-7,9-14,18,21H,1,8,15-17,19H2. The van der Waals surface area contributed by atoms with Crippen molar-refractivity contribution in [2.75, 3.05) is 18.1 Å². The number of anilines is 1. The summed E-state index contributed by atoms with van der Waals surface area (Å²) in [5.74, 6) is 1.24. The summed E-state index contributed by atoms with van der Waals surface area (Å²) < 4.78 is 22.0. The van der Waals surface area contributed by atoms with Gasteiger partial charge in [0.15, 0.2) is 0 Å². The number of fused-ring (bicyclic) bond motifs is 1. The van der Waals surface area contributed by atoms with Crippen LogP contribution in [0.4, 0.5) is 10.1 Å². The molecule has 0 saturated carbocycles. The lowest BCUT2D eigenvalue weighted by Gasteiger charge is -2.18. The summed E-state index contributed by atoms with van der Waals surface area (Å²) in [5.41, 5.74) is 3.58. The summed E-state index contributed by atoms with van der Waals surface area (Å²) in [6.45, 7) is 5.36. The van der Waals surface area contributed by atoms with E-state index in [-0.39, 0.29) is 17.6 Å². The number of benzene rings is 3. The van der Waals surface area contributed by atoms with Crippen molar-refractivity contribution in [1.29, 1.82) is 0 Å². The molecule has 1 aliphatic heterocycles. The lowest BCUT2D eigenvalue weighted by Crippen LogP contribution is -2.24. The third-order valence-electron chi connectivity index (χ3n) is 6.20. The lowest BCUT2D eigenvalue weighted by atomic mass is 10.1. The number of amides is 1. The molecule has 172 valence electrons. The van der Waals surface area contributed by atoms with Crippen molar-refractivity contribution in [2.24, 2.45) is 0 Å². The molecule has 5 nitrogen and oxygen atoms in total. The fourth-order valence-electron chi connectivity index (χ4n) is 4.63. The average molecular weight is 456 g/mol. The van der Waals surface area contributed by atoms with Crippen LogP contribution in [0.25, 0.3) is 11.0 Å². The van der Waals surface area contributed by atoms with Crippen molar-refractivity contribution in [3.05, 3.63) is 103 Å². The first-order chi connectivity index (χ1) is 16.6. The van der Waals surface area contributed by atoms with Gasteiger partial charge >= 0.3 is 0 Å². The highest BCUT2D eigenvalue weighted by molar-refractivity contribution is 5.96. The first kappa shape index (κ1) is 21.9. The van der Waals surface area contributed by atoms with Crippen LogP contribution in [0.15, 0.2) is 85.5 Å². The minimum absolute atomic E-state index is 0.0243. The second kappa shape index (κ2) is 9.51. The molecule has 0 N–H and O–H groups in total. The van der Waals surface area contributed by atoms with E-state index in [1.54, 1.807) is 17.0 Å². The Kier molecular flexibility index (Phi) is 6.12. The largest absolute Gasteiger partial charge is 0.491 e. The van der Waals surface area contributed by atoms with Gasteiger partial charge in [-0.2, -0.15) is 0 Å². The van der Waals surface area contributed by atoms with Crippen molar-refractivity contribution in [1.82, 2.24) is 9.55 Å². The van der Waals surface area contributed by atoms with Crippen molar-refractivity contribution in [3.8, 4) is 5.75 Å². The van der Waals surface area contributed by atoms with Gasteiger partial charge in [-0.1, -0.05) is 42.5 Å². The van der Waals surface area contributed by atoms with E-state index < -0.39 is 0 Å². The van der Waals surface area contributed by atoms with E-state index in [4.69, 9.17) is 9.72 Å². The fourth-order valence-corrected chi connectivity index (χ4v) is 4.63. The van der Waals surface area contributed by atoms with Gasteiger partial charge in [-0.05, 0) is 48.4 Å². The maximum atomic E-state index is 13.8. The number of carbonyl (C=O) groups is 1. The molecular weight excluding hydrogens is 429 g/mol. The molecule has 0 spiro atoms. The fraction of sp³-hybridized carbons (Fsp3) is 0.214. The molecule has 1 aliphatic rings. The van der Waals surface area contributed by atoms with Crippen molar-refractivity contribution in [2.45, 2.75) is 25.3 Å². The first-order valence-corrected chi connectivity index (χ1v) is 11.5. The summed E-state index contributed by atoms with van der Waals surface area (Å²) >= 11 is 0. The number of hydrogen-bond donors (Lipinski definition) is 0. The molecule has 1 unspecified atom stereocenters. The zero-order valence-corrected chi connectivity index (χ0v) is 18.9. The van der Waals surface area contributed by atoms with E-state index in [0.717, 1.165) is 34.6 Å². The van der Waals surface area contributed by atoms with E-state index in [1.165, 1.54) is 12.1 Å². The van der Waals surface area contributed by atoms with Crippen LogP contribution in [0, 0.1) is 5.82 Å². The quantitative estimate of drug-likeness (QED) is 0.330. The highest BCUT2D eigenvalue weighted by Crippen LogP contribution is 2.33. The minimum atomic E-state index is -0.352. The molecule has 1 aromatic heterocycles. The normalized spacial score (nSPS) is 15.7. The Bertz CT molecular complexity index is 1350.